The second-order valence-electron chi connectivity index (χ2n) is 4.49. The molecule has 1 heterocycles. The van der Waals surface area contributed by atoms with E-state index in [0.717, 1.165) is 17.9 Å². The van der Waals surface area contributed by atoms with Gasteiger partial charge in [-0.3, -0.25) is 0 Å². The molecule has 0 amide bonds. The lowest BCUT2D eigenvalue weighted by Gasteiger charge is -2.23. The first-order valence-corrected chi connectivity index (χ1v) is 6.34. The molecule has 1 aromatic rings. The van der Waals surface area contributed by atoms with Crippen LogP contribution in [-0.4, -0.2) is 40.8 Å². The Labute approximate surface area is 108 Å². The van der Waals surface area contributed by atoms with Gasteiger partial charge in [0.15, 0.2) is 0 Å². The van der Waals surface area contributed by atoms with Crippen molar-refractivity contribution in [3.63, 3.8) is 0 Å². The maximum atomic E-state index is 9.11. The number of rotatable bonds is 8. The predicted molar refractivity (Wildman–Crippen MR) is 71.4 cm³/mol. The number of hydrogen-bond donors (Lipinski definition) is 2. The van der Waals surface area contributed by atoms with Crippen molar-refractivity contribution in [2.24, 2.45) is 0 Å². The van der Waals surface area contributed by atoms with E-state index in [-0.39, 0.29) is 6.61 Å². The second kappa shape index (κ2) is 6.47. The molecule has 2 N–H and O–H groups in total. The lowest BCUT2D eigenvalue weighted by molar-refractivity contribution is 0.302. The number of nitrogens with one attached hydrogen (secondary N) is 1. The van der Waals surface area contributed by atoms with Crippen LogP contribution in [0.25, 0.3) is 0 Å². The van der Waals surface area contributed by atoms with Gasteiger partial charge in [0.1, 0.15) is 12.1 Å². The first-order chi connectivity index (χ1) is 8.85. The fraction of sp³-hybridized carbons (Fsp3) is 0.538. The molecule has 0 saturated heterocycles. The molecule has 1 aliphatic rings. The summed E-state index contributed by atoms with van der Waals surface area (Å²) in [6, 6.07) is 0.656. The number of aliphatic hydroxyl groups is 1. The fourth-order valence-electron chi connectivity index (χ4n) is 1.86. The van der Waals surface area contributed by atoms with Gasteiger partial charge in [-0.15, -0.1) is 6.58 Å². The van der Waals surface area contributed by atoms with Crippen molar-refractivity contribution in [1.82, 2.24) is 15.3 Å². The smallest absolute Gasteiger partial charge is 0.136 e. The summed E-state index contributed by atoms with van der Waals surface area (Å²) in [5, 5.41) is 12.6. The van der Waals surface area contributed by atoms with E-state index in [2.05, 4.69) is 21.9 Å². The Hall–Kier alpha value is -1.46. The molecule has 2 rings (SSSR count). The first kappa shape index (κ1) is 13.0. The van der Waals surface area contributed by atoms with Gasteiger partial charge in [-0.25, -0.2) is 9.97 Å². The van der Waals surface area contributed by atoms with Crippen LogP contribution in [0.15, 0.2) is 25.2 Å². The van der Waals surface area contributed by atoms with Gasteiger partial charge in [0.05, 0.1) is 6.61 Å². The van der Waals surface area contributed by atoms with E-state index >= 15 is 0 Å². The minimum Gasteiger partial charge on any atom is -0.395 e. The third kappa shape index (κ3) is 3.51. The molecular formula is C13H20N4O. The van der Waals surface area contributed by atoms with Crippen molar-refractivity contribution in [3.05, 3.63) is 30.7 Å². The zero-order valence-corrected chi connectivity index (χ0v) is 10.5. The summed E-state index contributed by atoms with van der Waals surface area (Å²) in [4.78, 5) is 10.4. The Morgan fingerprint density at radius 3 is 3.06 bits per heavy atom. The molecule has 5 nitrogen and oxygen atoms in total. The van der Waals surface area contributed by atoms with Crippen LogP contribution in [0.4, 0.5) is 5.82 Å². The quantitative estimate of drug-likeness (QED) is 0.664. The lowest BCUT2D eigenvalue weighted by atomic mass is 10.2. The van der Waals surface area contributed by atoms with Gasteiger partial charge in [-0.05, 0) is 12.8 Å². The average Bonchev–Trinajstić information content (AvgIpc) is 3.21. The molecule has 18 heavy (non-hydrogen) atoms. The van der Waals surface area contributed by atoms with Crippen LogP contribution in [0, 0.1) is 0 Å². The minimum atomic E-state index is 0.105. The van der Waals surface area contributed by atoms with E-state index in [1.165, 1.54) is 12.8 Å². The summed E-state index contributed by atoms with van der Waals surface area (Å²) in [6.07, 6.45) is 7.72. The van der Waals surface area contributed by atoms with Crippen LogP contribution < -0.4 is 10.2 Å². The van der Waals surface area contributed by atoms with Crippen molar-refractivity contribution in [2.75, 3.05) is 24.6 Å². The van der Waals surface area contributed by atoms with Gasteiger partial charge in [0, 0.05) is 37.4 Å². The Kier molecular flexibility index (Phi) is 4.66. The highest BCUT2D eigenvalue weighted by atomic mass is 16.3. The number of hydrogen-bond acceptors (Lipinski definition) is 5. The maximum absolute atomic E-state index is 9.11. The van der Waals surface area contributed by atoms with Gasteiger partial charge in [-0.1, -0.05) is 6.08 Å². The topological polar surface area (TPSA) is 61.3 Å². The van der Waals surface area contributed by atoms with Crippen LogP contribution in [0.1, 0.15) is 18.4 Å². The molecule has 5 heteroatoms. The Balaban J connectivity index is 2.09. The van der Waals surface area contributed by atoms with E-state index in [9.17, 15) is 0 Å². The SMILES string of the molecule is C=CCN(CCO)c1ncncc1CNC1CC1. The summed E-state index contributed by atoms with van der Waals surface area (Å²) in [7, 11) is 0. The summed E-state index contributed by atoms with van der Waals surface area (Å²) >= 11 is 0. The third-order valence-electron chi connectivity index (χ3n) is 2.94. The number of aliphatic hydroxyl groups excluding tert-OH is 1. The zero-order valence-electron chi connectivity index (χ0n) is 10.5. The zero-order chi connectivity index (χ0) is 12.8. The molecule has 0 unspecified atom stereocenters. The van der Waals surface area contributed by atoms with Crippen molar-refractivity contribution < 1.29 is 5.11 Å². The summed E-state index contributed by atoms with van der Waals surface area (Å²) < 4.78 is 0. The van der Waals surface area contributed by atoms with Crippen LogP contribution in [0.2, 0.25) is 0 Å². The Morgan fingerprint density at radius 2 is 2.39 bits per heavy atom. The van der Waals surface area contributed by atoms with E-state index in [1.807, 2.05) is 17.2 Å². The van der Waals surface area contributed by atoms with Crippen molar-refractivity contribution >= 4 is 5.82 Å². The van der Waals surface area contributed by atoms with E-state index < -0.39 is 0 Å². The number of aromatic nitrogens is 2. The average molecular weight is 248 g/mol. The van der Waals surface area contributed by atoms with Crippen LogP contribution >= 0.6 is 0 Å². The lowest BCUT2D eigenvalue weighted by Crippen LogP contribution is -2.29. The second-order valence-corrected chi connectivity index (χ2v) is 4.49. The molecule has 0 bridgehead atoms. The third-order valence-corrected chi connectivity index (χ3v) is 2.94. The monoisotopic (exact) mass is 248 g/mol. The van der Waals surface area contributed by atoms with Gasteiger partial charge >= 0.3 is 0 Å². The summed E-state index contributed by atoms with van der Waals surface area (Å²) in [5.74, 6) is 0.882. The molecule has 1 fully saturated rings. The molecule has 0 aromatic carbocycles. The Morgan fingerprint density at radius 1 is 1.56 bits per heavy atom. The van der Waals surface area contributed by atoms with Gasteiger partial charge in [0.25, 0.3) is 0 Å². The largest absolute Gasteiger partial charge is 0.395 e. The molecule has 1 aromatic heterocycles. The van der Waals surface area contributed by atoms with Crippen molar-refractivity contribution in [2.45, 2.75) is 25.4 Å². The first-order valence-electron chi connectivity index (χ1n) is 6.34. The van der Waals surface area contributed by atoms with Gasteiger partial charge in [-0.2, -0.15) is 0 Å². The molecule has 1 aliphatic carbocycles. The molecule has 1 saturated carbocycles. The minimum absolute atomic E-state index is 0.105. The molecule has 0 spiro atoms. The molecule has 0 aliphatic heterocycles. The predicted octanol–water partition coefficient (Wildman–Crippen LogP) is 0.713. The van der Waals surface area contributed by atoms with E-state index in [1.54, 1.807) is 6.33 Å². The highest BCUT2D eigenvalue weighted by molar-refractivity contribution is 5.46. The van der Waals surface area contributed by atoms with Gasteiger partial charge in [0.2, 0.25) is 0 Å². The summed E-state index contributed by atoms with van der Waals surface area (Å²) in [6.45, 7) is 5.85. The van der Waals surface area contributed by atoms with Crippen LogP contribution in [0.5, 0.6) is 0 Å². The molecule has 98 valence electrons. The van der Waals surface area contributed by atoms with Crippen molar-refractivity contribution in [3.8, 4) is 0 Å². The highest BCUT2D eigenvalue weighted by Gasteiger charge is 2.21. The molecule has 0 atom stereocenters. The van der Waals surface area contributed by atoms with E-state index in [0.29, 0.717) is 19.1 Å². The fourth-order valence-corrected chi connectivity index (χ4v) is 1.86. The van der Waals surface area contributed by atoms with Crippen LogP contribution in [0.3, 0.4) is 0 Å². The number of nitrogens with zero attached hydrogens (tertiary/aromatic N) is 3. The normalized spacial score (nSPS) is 14.5. The Bertz CT molecular complexity index is 392. The molecule has 0 radical (unpaired) electrons. The molecular weight excluding hydrogens is 228 g/mol. The standard InChI is InChI=1S/C13H20N4O/c1-2-5-17(6-7-18)13-11(8-14-10-16-13)9-15-12-3-4-12/h2,8,10,12,15,18H,1,3-7,9H2. The van der Waals surface area contributed by atoms with Crippen LogP contribution in [-0.2, 0) is 6.54 Å². The summed E-state index contributed by atoms with van der Waals surface area (Å²) in [5.41, 5.74) is 1.07. The van der Waals surface area contributed by atoms with Crippen molar-refractivity contribution in [1.29, 1.82) is 0 Å². The number of anilines is 1. The maximum Gasteiger partial charge on any atom is 0.136 e. The van der Waals surface area contributed by atoms with Gasteiger partial charge < -0.3 is 15.3 Å². The van der Waals surface area contributed by atoms with E-state index in [4.69, 9.17) is 5.11 Å². The highest BCUT2D eigenvalue weighted by Crippen LogP contribution is 2.21.